The van der Waals surface area contributed by atoms with Crippen LogP contribution < -0.4 is 5.73 Å². The van der Waals surface area contributed by atoms with Crippen molar-refractivity contribution in [2.24, 2.45) is 0 Å². The van der Waals surface area contributed by atoms with Crippen molar-refractivity contribution in [2.45, 2.75) is 18.8 Å². The largest absolute Gasteiger partial charge is 0.371 e. The summed E-state index contributed by atoms with van der Waals surface area (Å²) in [5.41, 5.74) is 7.68. The van der Waals surface area contributed by atoms with Gasteiger partial charge in [0.1, 0.15) is 11.4 Å². The van der Waals surface area contributed by atoms with E-state index in [1.54, 1.807) is 42.1 Å². The minimum Gasteiger partial charge on any atom is -0.371 e. The molecule has 3 N–H and O–H groups in total. The lowest BCUT2D eigenvalue weighted by atomic mass is 9.96. The van der Waals surface area contributed by atoms with Gasteiger partial charge in [-0.25, -0.2) is 9.97 Å². The summed E-state index contributed by atoms with van der Waals surface area (Å²) < 4.78 is 0. The molecule has 1 atom stereocenters. The summed E-state index contributed by atoms with van der Waals surface area (Å²) in [5.74, 6) is -0.237. The fourth-order valence-corrected chi connectivity index (χ4v) is 3.56. The third-order valence-electron chi connectivity index (χ3n) is 5.24. The smallest absolute Gasteiger partial charge is 0.273 e. The Bertz CT molecular complexity index is 1050. The van der Waals surface area contributed by atoms with E-state index in [1.807, 2.05) is 24.3 Å². The van der Waals surface area contributed by atoms with Gasteiger partial charge < -0.3 is 15.7 Å². The number of hydrogen-bond acceptors (Lipinski definition) is 6. The summed E-state index contributed by atoms with van der Waals surface area (Å²) in [5, 5.41) is 11.4. The number of hydrogen-bond donors (Lipinski definition) is 2. The van der Waals surface area contributed by atoms with Gasteiger partial charge in [0, 0.05) is 24.0 Å². The van der Waals surface area contributed by atoms with E-state index in [2.05, 4.69) is 16.9 Å². The van der Waals surface area contributed by atoms with E-state index >= 15 is 0 Å². The highest BCUT2D eigenvalue weighted by atomic mass is 16.3. The molecule has 1 radical (unpaired) electrons. The second kappa shape index (κ2) is 6.54. The maximum absolute atomic E-state index is 13.4. The van der Waals surface area contributed by atoms with Gasteiger partial charge in [-0.1, -0.05) is 36.4 Å². The molecule has 0 fully saturated rings. The Balaban J connectivity index is 1.86. The first-order chi connectivity index (χ1) is 13.3. The number of carbonyl (C=O) groups excluding carboxylic acids is 1. The Kier molecular flexibility index (Phi) is 4.28. The van der Waals surface area contributed by atoms with Crippen molar-refractivity contribution >= 4 is 22.8 Å². The van der Waals surface area contributed by atoms with Crippen LogP contribution >= 0.6 is 0 Å². The minimum absolute atomic E-state index is 0.0159. The topological polar surface area (TPSA) is 95.6 Å². The summed E-state index contributed by atoms with van der Waals surface area (Å²) in [4.78, 5) is 25.2. The van der Waals surface area contributed by atoms with E-state index in [-0.39, 0.29) is 17.5 Å². The molecule has 0 spiro atoms. The monoisotopic (exact) mass is 376 g/mol. The summed E-state index contributed by atoms with van der Waals surface area (Å²) >= 11 is 0. The zero-order valence-electron chi connectivity index (χ0n) is 15.9. The average molecular weight is 376 g/mol. The van der Waals surface area contributed by atoms with Crippen molar-refractivity contribution in [3.8, 4) is 0 Å². The highest BCUT2D eigenvalue weighted by Crippen LogP contribution is 2.33. The van der Waals surface area contributed by atoms with Gasteiger partial charge in [0.25, 0.3) is 5.91 Å². The first kappa shape index (κ1) is 18.3. The number of aromatic nitrogens is 2. The number of amides is 1. The van der Waals surface area contributed by atoms with Crippen LogP contribution in [-0.4, -0.2) is 44.9 Å². The van der Waals surface area contributed by atoms with Gasteiger partial charge in [-0.05, 0) is 38.2 Å². The fourth-order valence-electron chi connectivity index (χ4n) is 3.56. The van der Waals surface area contributed by atoms with Gasteiger partial charge >= 0.3 is 0 Å². The van der Waals surface area contributed by atoms with Crippen LogP contribution in [0, 0.1) is 6.92 Å². The van der Waals surface area contributed by atoms with Crippen LogP contribution in [0.5, 0.6) is 0 Å². The van der Waals surface area contributed by atoms with Crippen molar-refractivity contribution in [1.82, 2.24) is 19.8 Å². The number of carbonyl (C=O) groups is 1. The van der Waals surface area contributed by atoms with Crippen molar-refractivity contribution in [2.75, 3.05) is 19.8 Å². The van der Waals surface area contributed by atoms with E-state index in [9.17, 15) is 9.90 Å². The molecule has 4 rings (SSSR count). The maximum Gasteiger partial charge on any atom is 0.273 e. The predicted octanol–water partition coefficient (Wildman–Crippen LogP) is 1.91. The van der Waals surface area contributed by atoms with Gasteiger partial charge in [-0.3, -0.25) is 9.69 Å². The summed E-state index contributed by atoms with van der Waals surface area (Å²) in [6.45, 7) is 4.92. The van der Waals surface area contributed by atoms with Gasteiger partial charge in [-0.15, -0.1) is 0 Å². The Labute approximate surface area is 163 Å². The zero-order valence-corrected chi connectivity index (χ0v) is 15.9. The third kappa shape index (κ3) is 2.89. The molecule has 1 aliphatic rings. The second-order valence-corrected chi connectivity index (χ2v) is 7.27. The number of fused-ring (bicyclic) bond motifs is 2. The molecule has 1 aliphatic heterocycles. The van der Waals surface area contributed by atoms with Gasteiger partial charge in [0.15, 0.2) is 0 Å². The maximum atomic E-state index is 13.4. The number of aliphatic hydroxyl groups is 1. The summed E-state index contributed by atoms with van der Waals surface area (Å²) in [7, 11) is 3.42. The van der Waals surface area contributed by atoms with Crippen LogP contribution in [0.3, 0.4) is 0 Å². The van der Waals surface area contributed by atoms with Crippen LogP contribution in [0.4, 0.5) is 5.95 Å². The number of rotatable bonds is 3. The fraction of sp³-hybridized carbons (Fsp3) is 0.238. The summed E-state index contributed by atoms with van der Waals surface area (Å²) in [6, 6.07) is 13.2. The molecule has 0 saturated heterocycles. The predicted molar refractivity (Wildman–Crippen MR) is 107 cm³/mol. The Morgan fingerprint density at radius 3 is 2.39 bits per heavy atom. The lowest BCUT2D eigenvalue weighted by molar-refractivity contribution is -0.0452. The van der Waals surface area contributed by atoms with E-state index in [1.165, 1.54) is 0 Å². The molecule has 1 unspecified atom stereocenters. The molecule has 28 heavy (non-hydrogen) atoms. The van der Waals surface area contributed by atoms with Crippen molar-refractivity contribution in [3.63, 3.8) is 0 Å². The van der Waals surface area contributed by atoms with Crippen LogP contribution in [0.25, 0.3) is 10.9 Å². The zero-order chi connectivity index (χ0) is 20.1. The second-order valence-electron chi connectivity index (χ2n) is 7.27. The molecule has 1 aromatic heterocycles. The normalized spacial score (nSPS) is 15.7. The first-order valence-electron chi connectivity index (χ1n) is 8.97. The quantitative estimate of drug-likeness (QED) is 0.678. The lowest BCUT2D eigenvalue weighted by Crippen LogP contribution is -2.39. The van der Waals surface area contributed by atoms with Gasteiger partial charge in [0.05, 0.1) is 5.52 Å². The molecule has 3 aromatic rings. The number of nitrogens with zero attached hydrogens (tertiary/aromatic N) is 4. The molecule has 0 bridgehead atoms. The first-order valence-corrected chi connectivity index (χ1v) is 8.97. The third-order valence-corrected chi connectivity index (χ3v) is 5.24. The van der Waals surface area contributed by atoms with Crippen molar-refractivity contribution in [1.29, 1.82) is 0 Å². The Hall–Kier alpha value is -3.03. The highest BCUT2D eigenvalue weighted by molar-refractivity contribution is 6.06. The van der Waals surface area contributed by atoms with E-state index < -0.39 is 5.72 Å². The molecule has 7 nitrogen and oxygen atoms in total. The van der Waals surface area contributed by atoms with Gasteiger partial charge in [-0.2, -0.15) is 0 Å². The van der Waals surface area contributed by atoms with Crippen LogP contribution in [0.1, 0.15) is 27.2 Å². The highest BCUT2D eigenvalue weighted by Gasteiger charge is 2.33. The number of nitrogens with two attached hydrogens (primary N) is 1. The average Bonchev–Trinajstić information content (AvgIpc) is 3.10. The van der Waals surface area contributed by atoms with Crippen molar-refractivity contribution in [3.05, 3.63) is 71.8 Å². The molecule has 143 valence electrons. The number of anilines is 1. The number of benzene rings is 2. The molecular formula is C21H22N5O2. The van der Waals surface area contributed by atoms with Crippen LogP contribution in [-0.2, 0) is 18.8 Å². The molecule has 7 heteroatoms. The number of nitrogen functional groups attached to an aromatic ring is 1. The van der Waals surface area contributed by atoms with E-state index in [0.29, 0.717) is 29.6 Å². The van der Waals surface area contributed by atoms with E-state index in [0.717, 1.165) is 11.1 Å². The van der Waals surface area contributed by atoms with Crippen molar-refractivity contribution < 1.29 is 9.90 Å². The molecular weight excluding hydrogens is 354 g/mol. The standard InChI is InChI=1S/C21H22N5O2/c1-21(28,25(2)3)15-9-6-10-16-17(15)18(24-20(22)23-16)19(27)26-11-13-7-4-5-8-14(13)12-26/h4-10,28H,1,11-12H2,2-3H3,(H2,22,23,24). The van der Waals surface area contributed by atoms with Crippen LogP contribution in [0.15, 0.2) is 42.5 Å². The molecule has 2 aromatic carbocycles. The molecule has 1 amide bonds. The van der Waals surface area contributed by atoms with E-state index in [4.69, 9.17) is 5.73 Å². The molecule has 0 aliphatic carbocycles. The van der Waals surface area contributed by atoms with Crippen LogP contribution in [0.2, 0.25) is 0 Å². The molecule has 2 heterocycles. The lowest BCUT2D eigenvalue weighted by Gasteiger charge is -2.32. The Morgan fingerprint density at radius 1 is 1.14 bits per heavy atom. The molecule has 0 saturated carbocycles. The minimum atomic E-state index is -1.55. The Morgan fingerprint density at radius 2 is 1.79 bits per heavy atom. The van der Waals surface area contributed by atoms with Gasteiger partial charge in [0.2, 0.25) is 5.95 Å². The summed E-state index contributed by atoms with van der Waals surface area (Å²) in [6.07, 6.45) is 0. The SMILES string of the molecule is [CH2]C(O)(c1cccc2nc(N)nc(C(=O)N3Cc4ccccc4C3)c12)N(C)C.